The Morgan fingerprint density at radius 1 is 0.966 bits per heavy atom. The smallest absolute Gasteiger partial charge is 0.308 e. The molecule has 3 aliphatic rings. The van der Waals surface area contributed by atoms with Crippen LogP contribution in [0.15, 0.2) is 24.3 Å². The van der Waals surface area contributed by atoms with E-state index in [4.69, 9.17) is 4.74 Å². The van der Waals surface area contributed by atoms with Crippen LogP contribution in [0.25, 0.3) is 0 Å². The van der Waals surface area contributed by atoms with E-state index in [0.29, 0.717) is 17.0 Å². The lowest BCUT2D eigenvalue weighted by Crippen LogP contribution is -2.50. The van der Waals surface area contributed by atoms with E-state index < -0.39 is 17.8 Å². The van der Waals surface area contributed by atoms with Crippen molar-refractivity contribution in [1.29, 1.82) is 0 Å². The Balaban J connectivity index is 1.26. The van der Waals surface area contributed by atoms with E-state index in [9.17, 15) is 19.2 Å². The molecule has 7 nitrogen and oxygen atoms in total. The molecule has 2 heterocycles. The summed E-state index contributed by atoms with van der Waals surface area (Å²) in [5, 5.41) is 0. The third kappa shape index (κ3) is 3.91. The first kappa shape index (κ1) is 19.6. The number of piperidine rings is 1. The number of rotatable bonds is 5. The van der Waals surface area contributed by atoms with Crippen LogP contribution in [0.3, 0.4) is 0 Å². The van der Waals surface area contributed by atoms with Gasteiger partial charge in [-0.25, -0.2) is 0 Å². The Kier molecular flexibility index (Phi) is 5.65. The molecule has 2 aliphatic heterocycles. The lowest BCUT2D eigenvalue weighted by Gasteiger charge is -2.44. The molecule has 0 bridgehead atoms. The van der Waals surface area contributed by atoms with Crippen molar-refractivity contribution in [2.45, 2.75) is 51.0 Å². The topological polar surface area (TPSA) is 84.0 Å². The zero-order valence-electron chi connectivity index (χ0n) is 16.5. The maximum Gasteiger partial charge on any atom is 0.308 e. The van der Waals surface area contributed by atoms with Gasteiger partial charge in [0.25, 0.3) is 17.7 Å². The Bertz CT molecular complexity index is 799. The molecule has 1 saturated carbocycles. The number of esters is 1. The molecule has 29 heavy (non-hydrogen) atoms. The first-order valence-corrected chi connectivity index (χ1v) is 10.5. The van der Waals surface area contributed by atoms with Crippen LogP contribution in [0.1, 0.15) is 65.7 Å². The van der Waals surface area contributed by atoms with Crippen LogP contribution in [-0.4, -0.2) is 59.2 Å². The quantitative estimate of drug-likeness (QED) is 0.562. The van der Waals surface area contributed by atoms with Gasteiger partial charge in [-0.05, 0) is 43.7 Å². The molecule has 0 spiro atoms. The van der Waals surface area contributed by atoms with E-state index >= 15 is 0 Å². The molecule has 0 unspecified atom stereocenters. The van der Waals surface area contributed by atoms with Gasteiger partial charge in [-0.2, -0.15) is 0 Å². The molecule has 1 aromatic rings. The fourth-order valence-corrected chi connectivity index (χ4v) is 4.88. The van der Waals surface area contributed by atoms with Crippen LogP contribution in [0.4, 0.5) is 0 Å². The van der Waals surface area contributed by atoms with Gasteiger partial charge in [-0.15, -0.1) is 0 Å². The van der Waals surface area contributed by atoms with Crippen molar-refractivity contribution in [3.05, 3.63) is 35.4 Å². The maximum atomic E-state index is 12.6. The van der Waals surface area contributed by atoms with Gasteiger partial charge < -0.3 is 9.64 Å². The van der Waals surface area contributed by atoms with Crippen molar-refractivity contribution in [3.8, 4) is 0 Å². The summed E-state index contributed by atoms with van der Waals surface area (Å²) in [5.41, 5.74) is 0.710. The summed E-state index contributed by atoms with van der Waals surface area (Å²) in [6.07, 6.45) is 6.64. The highest BCUT2D eigenvalue weighted by Crippen LogP contribution is 2.35. The van der Waals surface area contributed by atoms with Crippen LogP contribution < -0.4 is 0 Å². The van der Waals surface area contributed by atoms with Gasteiger partial charge in [-0.3, -0.25) is 24.1 Å². The Morgan fingerprint density at radius 3 is 2.34 bits per heavy atom. The van der Waals surface area contributed by atoms with E-state index in [1.807, 2.05) is 4.90 Å². The summed E-state index contributed by atoms with van der Waals surface area (Å²) in [4.78, 5) is 52.3. The van der Waals surface area contributed by atoms with Gasteiger partial charge in [0, 0.05) is 19.1 Å². The summed E-state index contributed by atoms with van der Waals surface area (Å²) in [5.74, 6) is -0.939. The number of carbonyl (C=O) groups excluding carboxylic acids is 4. The minimum absolute atomic E-state index is 0.0478. The van der Waals surface area contributed by atoms with Crippen molar-refractivity contribution in [2.75, 3.05) is 19.7 Å². The van der Waals surface area contributed by atoms with E-state index in [-0.39, 0.29) is 31.5 Å². The zero-order chi connectivity index (χ0) is 20.4. The monoisotopic (exact) mass is 398 g/mol. The molecule has 0 aromatic heterocycles. The number of fused-ring (bicyclic) bond motifs is 2. The number of ether oxygens (including phenoxy) is 1. The van der Waals surface area contributed by atoms with Crippen LogP contribution >= 0.6 is 0 Å². The van der Waals surface area contributed by atoms with Gasteiger partial charge in [0.1, 0.15) is 0 Å². The fourth-order valence-electron chi connectivity index (χ4n) is 4.88. The Morgan fingerprint density at radius 2 is 1.62 bits per heavy atom. The van der Waals surface area contributed by atoms with E-state index in [1.165, 1.54) is 19.3 Å². The van der Waals surface area contributed by atoms with Crippen LogP contribution in [-0.2, 0) is 14.3 Å². The van der Waals surface area contributed by atoms with Crippen molar-refractivity contribution < 1.29 is 23.9 Å². The molecule has 1 aromatic carbocycles. The van der Waals surface area contributed by atoms with Crippen molar-refractivity contribution in [1.82, 2.24) is 9.80 Å². The molecule has 7 heteroatoms. The van der Waals surface area contributed by atoms with Crippen molar-refractivity contribution >= 4 is 23.7 Å². The maximum absolute atomic E-state index is 12.6. The van der Waals surface area contributed by atoms with Gasteiger partial charge in [0.05, 0.1) is 17.5 Å². The van der Waals surface area contributed by atoms with Crippen LogP contribution in [0.5, 0.6) is 0 Å². The summed E-state index contributed by atoms with van der Waals surface area (Å²) < 4.78 is 5.16. The highest BCUT2D eigenvalue weighted by atomic mass is 16.5. The molecule has 0 N–H and O–H groups in total. The molecule has 154 valence electrons. The molecule has 0 radical (unpaired) electrons. The van der Waals surface area contributed by atoms with Crippen LogP contribution in [0, 0.1) is 5.92 Å². The molecular weight excluding hydrogens is 372 g/mol. The van der Waals surface area contributed by atoms with Gasteiger partial charge in [-0.1, -0.05) is 25.0 Å². The van der Waals surface area contributed by atoms with Gasteiger partial charge in [0.15, 0.2) is 6.61 Å². The second kappa shape index (κ2) is 8.35. The fraction of sp³-hybridized carbons (Fsp3) is 0.545. The largest absolute Gasteiger partial charge is 0.456 e. The molecular formula is C22H26N2O5. The summed E-state index contributed by atoms with van der Waals surface area (Å²) in [6, 6.07) is 6.88. The number of carbonyl (C=O) groups is 4. The third-order valence-electron chi connectivity index (χ3n) is 6.34. The van der Waals surface area contributed by atoms with Gasteiger partial charge in [0.2, 0.25) is 0 Å². The minimum atomic E-state index is -0.577. The van der Waals surface area contributed by atoms with E-state index in [0.717, 1.165) is 30.7 Å². The lowest BCUT2D eigenvalue weighted by molar-refractivity contribution is -0.155. The second-order valence-electron chi connectivity index (χ2n) is 8.06. The molecule has 3 amide bonds. The average molecular weight is 398 g/mol. The average Bonchev–Trinajstić information content (AvgIpc) is 3.00. The first-order valence-electron chi connectivity index (χ1n) is 10.5. The summed E-state index contributed by atoms with van der Waals surface area (Å²) >= 11 is 0. The van der Waals surface area contributed by atoms with Gasteiger partial charge >= 0.3 is 5.97 Å². The highest BCUT2D eigenvalue weighted by molar-refractivity contribution is 6.21. The second-order valence-corrected chi connectivity index (χ2v) is 8.06. The van der Waals surface area contributed by atoms with E-state index in [1.54, 1.807) is 24.3 Å². The Labute approximate surface area is 170 Å². The zero-order valence-corrected chi connectivity index (χ0v) is 16.5. The summed E-state index contributed by atoms with van der Waals surface area (Å²) in [6.45, 7) is 0.407. The Hall–Kier alpha value is -2.70. The normalized spacial score (nSPS) is 23.6. The van der Waals surface area contributed by atoms with Crippen LogP contribution in [0.2, 0.25) is 0 Å². The molecule has 2 fully saturated rings. The summed E-state index contributed by atoms with van der Waals surface area (Å²) in [7, 11) is 0. The SMILES string of the molecule is O=C(CCN1C(=O)c2ccccc2C1=O)OCC(=O)N1CCC[C@@H]2CCCC[C@H]21. The number of imide groups is 1. The third-order valence-corrected chi connectivity index (χ3v) is 6.34. The molecule has 1 aliphatic carbocycles. The minimum Gasteiger partial charge on any atom is -0.456 e. The number of amides is 3. The number of nitrogens with zero attached hydrogens (tertiary/aromatic N) is 2. The molecule has 2 atom stereocenters. The number of hydrogen-bond acceptors (Lipinski definition) is 5. The number of benzene rings is 1. The van der Waals surface area contributed by atoms with Crippen molar-refractivity contribution in [2.24, 2.45) is 5.92 Å². The van der Waals surface area contributed by atoms with E-state index in [2.05, 4.69) is 0 Å². The first-order chi connectivity index (χ1) is 14.1. The van der Waals surface area contributed by atoms with Crippen molar-refractivity contribution in [3.63, 3.8) is 0 Å². The predicted octanol–water partition coefficient (Wildman–Crippen LogP) is 2.40. The predicted molar refractivity (Wildman–Crippen MR) is 104 cm³/mol. The lowest BCUT2D eigenvalue weighted by atomic mass is 9.78. The number of hydrogen-bond donors (Lipinski definition) is 0. The molecule has 1 saturated heterocycles. The standard InChI is InChI=1S/C22H26N2O5/c25-19(23-12-5-7-15-6-1-4-10-18(15)23)14-29-20(26)11-13-24-21(27)16-8-2-3-9-17(16)22(24)28/h2-3,8-9,15,18H,1,4-7,10-14H2/t15-,18+/m0/s1. The molecule has 4 rings (SSSR count). The number of likely N-dealkylation sites (tertiary alicyclic amines) is 1. The highest BCUT2D eigenvalue weighted by Gasteiger charge is 2.37.